The molecule has 0 amide bonds. The number of rotatable bonds is 1. The molecule has 0 unspecified atom stereocenters. The lowest BCUT2D eigenvalue weighted by atomic mass is 10.1. The summed E-state index contributed by atoms with van der Waals surface area (Å²) in [6.45, 7) is 0. The fourth-order valence-corrected chi connectivity index (χ4v) is 1.80. The van der Waals surface area contributed by atoms with E-state index in [-0.39, 0.29) is 16.6 Å². The Morgan fingerprint density at radius 1 is 1.33 bits per heavy atom. The molecule has 15 heavy (non-hydrogen) atoms. The van der Waals surface area contributed by atoms with E-state index < -0.39 is 4.92 Å². The summed E-state index contributed by atoms with van der Waals surface area (Å²) < 4.78 is 1.30. The average Bonchev–Trinajstić information content (AvgIpc) is 2.23. The maximum Gasteiger partial charge on any atom is 0.282 e. The van der Waals surface area contributed by atoms with Gasteiger partial charge in [-0.1, -0.05) is 12.1 Å². The minimum Gasteiger partial charge on any atom is -0.268 e. The Morgan fingerprint density at radius 2 is 2.07 bits per heavy atom. The van der Waals surface area contributed by atoms with E-state index in [4.69, 9.17) is 0 Å². The van der Waals surface area contributed by atoms with Crippen molar-refractivity contribution in [2.45, 2.75) is 0 Å². The second-order valence-corrected chi connectivity index (χ2v) is 3.97. The van der Waals surface area contributed by atoms with Crippen molar-refractivity contribution in [1.29, 1.82) is 0 Å². The molecule has 0 atom stereocenters. The van der Waals surface area contributed by atoms with Crippen molar-refractivity contribution in [2.24, 2.45) is 0 Å². The van der Waals surface area contributed by atoms with Gasteiger partial charge in [0.05, 0.1) is 27.8 Å². The van der Waals surface area contributed by atoms with Crippen LogP contribution in [-0.2, 0) is 0 Å². The molecule has 0 bridgehead atoms. The Hall–Kier alpha value is -1.44. The van der Waals surface area contributed by atoms with Crippen LogP contribution < -0.4 is 5.56 Å². The van der Waals surface area contributed by atoms with Gasteiger partial charge >= 0.3 is 0 Å². The Bertz CT molecular complexity index is 606. The van der Waals surface area contributed by atoms with Crippen molar-refractivity contribution in [2.75, 3.05) is 0 Å². The van der Waals surface area contributed by atoms with Crippen LogP contribution in [0.25, 0.3) is 10.8 Å². The monoisotopic (exact) mass is 316 g/mol. The third-order valence-corrected chi connectivity index (χ3v) is 2.82. The average molecular weight is 316 g/mol. The lowest BCUT2D eigenvalue weighted by molar-refractivity contribution is -0.383. The van der Waals surface area contributed by atoms with Crippen molar-refractivity contribution in [3.05, 3.63) is 50.9 Å². The van der Waals surface area contributed by atoms with Crippen LogP contribution in [0, 0.1) is 10.1 Å². The highest BCUT2D eigenvalue weighted by Gasteiger charge is 2.14. The fraction of sp³-hybridized carbons (Fsp3) is 0. The third kappa shape index (κ3) is 1.60. The van der Waals surface area contributed by atoms with E-state index in [2.05, 4.69) is 0 Å². The molecule has 2 rings (SSSR count). The van der Waals surface area contributed by atoms with E-state index in [9.17, 15) is 14.9 Å². The Morgan fingerprint density at radius 3 is 2.73 bits per heavy atom. The van der Waals surface area contributed by atoms with Crippen molar-refractivity contribution in [3.8, 4) is 0 Å². The van der Waals surface area contributed by atoms with Gasteiger partial charge in [-0.25, -0.2) is 0 Å². The molecule has 76 valence electrons. The van der Waals surface area contributed by atoms with Gasteiger partial charge in [-0.05, 0) is 11.5 Å². The van der Waals surface area contributed by atoms with E-state index in [0.717, 1.165) is 0 Å². The van der Waals surface area contributed by atoms with Crippen molar-refractivity contribution in [1.82, 2.24) is 2.78 Å². The molecule has 1 aromatic carbocycles. The summed E-state index contributed by atoms with van der Waals surface area (Å²) in [5.74, 6) is 0. The number of pyridine rings is 1. The topological polar surface area (TPSA) is 65.1 Å². The number of aromatic nitrogens is 1. The highest BCUT2D eigenvalue weighted by atomic mass is 127. The van der Waals surface area contributed by atoms with Gasteiger partial charge in [0.15, 0.2) is 0 Å². The highest BCUT2D eigenvalue weighted by molar-refractivity contribution is 14.1. The maximum atomic E-state index is 11.7. The zero-order valence-corrected chi connectivity index (χ0v) is 9.54. The molecule has 5 nitrogen and oxygen atoms in total. The van der Waals surface area contributed by atoms with Crippen LogP contribution in [0.15, 0.2) is 35.3 Å². The summed E-state index contributed by atoms with van der Waals surface area (Å²) >= 11 is 1.79. The molecule has 2 aromatic rings. The van der Waals surface area contributed by atoms with Crippen LogP contribution in [-0.4, -0.2) is 7.70 Å². The fourth-order valence-electron chi connectivity index (χ4n) is 1.40. The number of benzene rings is 1. The third-order valence-electron chi connectivity index (χ3n) is 2.06. The van der Waals surface area contributed by atoms with Crippen LogP contribution >= 0.6 is 22.9 Å². The van der Waals surface area contributed by atoms with Crippen LogP contribution in [0.1, 0.15) is 0 Å². The highest BCUT2D eigenvalue weighted by Crippen LogP contribution is 2.21. The number of hydrogen-bond donors (Lipinski definition) is 0. The SMILES string of the molecule is O=c1c2c([N+](=O)[O-])cccc2ccn1I. The van der Waals surface area contributed by atoms with Crippen molar-refractivity contribution >= 4 is 39.3 Å². The molecule has 1 aromatic heterocycles. The second-order valence-electron chi connectivity index (χ2n) is 2.93. The molecular formula is C9H5IN2O3. The molecular weight excluding hydrogens is 311 g/mol. The summed E-state index contributed by atoms with van der Waals surface area (Å²) in [4.78, 5) is 21.9. The van der Waals surface area contributed by atoms with Gasteiger partial charge in [0, 0.05) is 12.3 Å². The number of halogens is 1. The Labute approximate surface area is 98.0 Å². The number of nitro groups is 1. The molecule has 6 heteroatoms. The molecule has 0 N–H and O–H groups in total. The molecule has 0 aliphatic heterocycles. The Balaban J connectivity index is 3.01. The lowest BCUT2D eigenvalue weighted by Gasteiger charge is -1.99. The number of non-ortho nitro benzene ring substituents is 1. The maximum absolute atomic E-state index is 11.7. The van der Waals surface area contributed by atoms with Gasteiger partial charge in [0.25, 0.3) is 11.2 Å². The van der Waals surface area contributed by atoms with E-state index in [1.54, 1.807) is 47.3 Å². The first-order chi connectivity index (χ1) is 7.11. The van der Waals surface area contributed by atoms with Crippen LogP contribution in [0.3, 0.4) is 0 Å². The summed E-state index contributed by atoms with van der Waals surface area (Å²) in [7, 11) is 0. The smallest absolute Gasteiger partial charge is 0.268 e. The molecule has 0 saturated carbocycles. The van der Waals surface area contributed by atoms with E-state index in [1.165, 1.54) is 8.85 Å². The lowest BCUT2D eigenvalue weighted by Crippen LogP contribution is -2.12. The van der Waals surface area contributed by atoms with Gasteiger partial charge in [0.2, 0.25) is 0 Å². The van der Waals surface area contributed by atoms with Gasteiger partial charge in [-0.15, -0.1) is 0 Å². The zero-order chi connectivity index (χ0) is 11.0. The molecule has 1 heterocycles. The molecule has 0 radical (unpaired) electrons. The summed E-state index contributed by atoms with van der Waals surface area (Å²) in [6.07, 6.45) is 1.58. The number of nitro benzene ring substituents is 1. The standard InChI is InChI=1S/C9H5IN2O3/c10-11-5-4-6-2-1-3-7(12(14)15)8(6)9(11)13/h1-5H. The number of fused-ring (bicyclic) bond motifs is 1. The van der Waals surface area contributed by atoms with Crippen molar-refractivity contribution < 1.29 is 4.92 Å². The van der Waals surface area contributed by atoms with Gasteiger partial charge < -0.3 is 0 Å². The number of hydrogen-bond acceptors (Lipinski definition) is 3. The molecule has 0 aliphatic rings. The van der Waals surface area contributed by atoms with Crippen LogP contribution in [0.4, 0.5) is 5.69 Å². The Kier molecular flexibility index (Phi) is 2.43. The molecule has 0 aliphatic carbocycles. The van der Waals surface area contributed by atoms with Gasteiger partial charge in [0.1, 0.15) is 5.39 Å². The molecule has 0 spiro atoms. The molecule has 0 fully saturated rings. The van der Waals surface area contributed by atoms with Gasteiger partial charge in [-0.3, -0.25) is 17.7 Å². The summed E-state index contributed by atoms with van der Waals surface area (Å²) in [5, 5.41) is 11.5. The van der Waals surface area contributed by atoms with Crippen molar-refractivity contribution in [3.63, 3.8) is 0 Å². The van der Waals surface area contributed by atoms with Crippen LogP contribution in [0.2, 0.25) is 0 Å². The second kappa shape index (κ2) is 3.61. The first-order valence-corrected chi connectivity index (χ1v) is 5.02. The first-order valence-electron chi connectivity index (χ1n) is 4.06. The normalized spacial score (nSPS) is 10.5. The van der Waals surface area contributed by atoms with E-state index >= 15 is 0 Å². The predicted octanol–water partition coefficient (Wildman–Crippen LogP) is 2.11. The molecule has 0 saturated heterocycles. The predicted molar refractivity (Wildman–Crippen MR) is 64.3 cm³/mol. The summed E-state index contributed by atoms with van der Waals surface area (Å²) in [6, 6.07) is 6.26. The minimum absolute atomic E-state index is 0.150. The van der Waals surface area contributed by atoms with Crippen LogP contribution in [0.5, 0.6) is 0 Å². The zero-order valence-electron chi connectivity index (χ0n) is 7.38. The van der Waals surface area contributed by atoms with Gasteiger partial charge in [-0.2, -0.15) is 0 Å². The quantitative estimate of drug-likeness (QED) is 0.460. The number of nitrogens with zero attached hydrogens (tertiary/aromatic N) is 2. The first kappa shape index (κ1) is 10.1. The van der Waals surface area contributed by atoms with E-state index in [1.807, 2.05) is 0 Å². The van der Waals surface area contributed by atoms with E-state index in [0.29, 0.717) is 5.39 Å². The largest absolute Gasteiger partial charge is 0.282 e. The summed E-state index contributed by atoms with van der Waals surface area (Å²) in [5.41, 5.74) is -0.510. The minimum atomic E-state index is -0.541.